The second kappa shape index (κ2) is 7.76. The Balaban J connectivity index is 2.72. The van der Waals surface area contributed by atoms with Crippen LogP contribution in [-0.4, -0.2) is 30.7 Å². The molecule has 19 heavy (non-hydrogen) atoms. The second-order valence-electron chi connectivity index (χ2n) is 3.96. The summed E-state index contributed by atoms with van der Waals surface area (Å²) in [4.78, 5) is 22.9. The zero-order valence-corrected chi connectivity index (χ0v) is 11.3. The fraction of sp³-hybridized carbons (Fsp3) is 0.385. The van der Waals surface area contributed by atoms with Crippen LogP contribution in [-0.2, 0) is 14.3 Å². The van der Waals surface area contributed by atoms with Crippen molar-refractivity contribution in [1.29, 1.82) is 0 Å². The normalized spacial score (nSPS) is 11.9. The molecule has 1 aromatic carbocycles. The molecule has 0 bridgehead atoms. The van der Waals surface area contributed by atoms with Crippen LogP contribution in [0.4, 0.5) is 0 Å². The average molecular weight is 286 g/mol. The van der Waals surface area contributed by atoms with Gasteiger partial charge in [0.15, 0.2) is 6.04 Å². The van der Waals surface area contributed by atoms with Gasteiger partial charge in [0.2, 0.25) is 5.91 Å². The quantitative estimate of drug-likeness (QED) is 0.752. The summed E-state index contributed by atoms with van der Waals surface area (Å²) in [5.74, 6) is -1.49. The van der Waals surface area contributed by atoms with Crippen LogP contribution in [0.2, 0.25) is 5.02 Å². The average Bonchev–Trinajstić information content (AvgIpc) is 2.37. The lowest BCUT2D eigenvalue weighted by molar-refractivity contribution is -0.142. The molecule has 1 aromatic rings. The molecular weight excluding hydrogens is 270 g/mol. The molecule has 5 nitrogen and oxygen atoms in total. The SMILES string of the molecule is COCCCC(=O)N[C@@H](C(=O)O)c1ccccc1Cl. The maximum Gasteiger partial charge on any atom is 0.330 e. The van der Waals surface area contributed by atoms with Gasteiger partial charge in [0.1, 0.15) is 0 Å². The fourth-order valence-electron chi connectivity index (χ4n) is 1.59. The molecule has 0 aromatic heterocycles. The number of hydrogen-bond donors (Lipinski definition) is 2. The molecular formula is C13H16ClNO4. The zero-order valence-electron chi connectivity index (χ0n) is 10.6. The summed E-state index contributed by atoms with van der Waals surface area (Å²) in [6, 6.07) is 5.41. The van der Waals surface area contributed by atoms with Gasteiger partial charge in [-0.1, -0.05) is 29.8 Å². The molecule has 0 saturated heterocycles. The van der Waals surface area contributed by atoms with Crippen LogP contribution in [0, 0.1) is 0 Å². The van der Waals surface area contributed by atoms with Crippen molar-refractivity contribution in [2.24, 2.45) is 0 Å². The smallest absolute Gasteiger partial charge is 0.330 e. The third-order valence-electron chi connectivity index (χ3n) is 2.52. The zero-order chi connectivity index (χ0) is 14.3. The third kappa shape index (κ3) is 4.89. The number of amides is 1. The highest BCUT2D eigenvalue weighted by Crippen LogP contribution is 2.22. The Morgan fingerprint density at radius 1 is 1.42 bits per heavy atom. The van der Waals surface area contributed by atoms with Crippen LogP contribution in [0.3, 0.4) is 0 Å². The molecule has 0 spiro atoms. The van der Waals surface area contributed by atoms with Gasteiger partial charge in [-0.05, 0) is 12.5 Å². The van der Waals surface area contributed by atoms with E-state index >= 15 is 0 Å². The fourth-order valence-corrected chi connectivity index (χ4v) is 1.84. The maximum absolute atomic E-state index is 11.6. The van der Waals surface area contributed by atoms with E-state index < -0.39 is 12.0 Å². The minimum absolute atomic E-state index is 0.210. The first-order valence-electron chi connectivity index (χ1n) is 5.81. The van der Waals surface area contributed by atoms with Crippen molar-refractivity contribution in [3.8, 4) is 0 Å². The van der Waals surface area contributed by atoms with E-state index in [0.717, 1.165) is 0 Å². The van der Waals surface area contributed by atoms with E-state index in [9.17, 15) is 14.7 Å². The van der Waals surface area contributed by atoms with Crippen molar-refractivity contribution < 1.29 is 19.4 Å². The van der Waals surface area contributed by atoms with Gasteiger partial charge in [0, 0.05) is 30.7 Å². The van der Waals surface area contributed by atoms with Crippen LogP contribution >= 0.6 is 11.6 Å². The number of nitrogens with one attached hydrogen (secondary N) is 1. The van der Waals surface area contributed by atoms with Crippen LogP contribution in [0.1, 0.15) is 24.4 Å². The van der Waals surface area contributed by atoms with E-state index in [1.54, 1.807) is 31.4 Å². The van der Waals surface area contributed by atoms with Gasteiger partial charge in [-0.2, -0.15) is 0 Å². The molecule has 104 valence electrons. The molecule has 1 rings (SSSR count). The van der Waals surface area contributed by atoms with Crippen molar-refractivity contribution in [3.63, 3.8) is 0 Å². The topological polar surface area (TPSA) is 75.6 Å². The number of ether oxygens (including phenoxy) is 1. The van der Waals surface area contributed by atoms with Crippen LogP contribution < -0.4 is 5.32 Å². The molecule has 0 aliphatic carbocycles. The number of methoxy groups -OCH3 is 1. The third-order valence-corrected chi connectivity index (χ3v) is 2.87. The van der Waals surface area contributed by atoms with Gasteiger partial charge >= 0.3 is 5.97 Å². The number of hydrogen-bond acceptors (Lipinski definition) is 3. The summed E-state index contributed by atoms with van der Waals surface area (Å²) in [6.45, 7) is 0.456. The summed E-state index contributed by atoms with van der Waals surface area (Å²) < 4.78 is 4.83. The predicted octanol–water partition coefficient (Wildman–Crippen LogP) is 2.01. The van der Waals surface area contributed by atoms with Gasteiger partial charge in [-0.3, -0.25) is 4.79 Å². The summed E-state index contributed by atoms with van der Waals surface area (Å²) in [6.07, 6.45) is 0.749. The molecule has 0 heterocycles. The van der Waals surface area contributed by atoms with Gasteiger partial charge in [0.25, 0.3) is 0 Å². The highest BCUT2D eigenvalue weighted by Gasteiger charge is 2.23. The second-order valence-corrected chi connectivity index (χ2v) is 4.36. The molecule has 1 atom stereocenters. The Morgan fingerprint density at radius 2 is 2.11 bits per heavy atom. The molecule has 1 amide bonds. The predicted molar refractivity (Wildman–Crippen MR) is 71.1 cm³/mol. The minimum Gasteiger partial charge on any atom is -0.479 e. The monoisotopic (exact) mass is 285 g/mol. The van der Waals surface area contributed by atoms with Gasteiger partial charge in [-0.15, -0.1) is 0 Å². The Labute approximate surface area is 116 Å². The number of carbonyl (C=O) groups excluding carboxylic acids is 1. The van der Waals surface area contributed by atoms with Crippen molar-refractivity contribution in [2.75, 3.05) is 13.7 Å². The summed E-state index contributed by atoms with van der Waals surface area (Å²) in [5.41, 5.74) is 0.372. The summed E-state index contributed by atoms with van der Waals surface area (Å²) >= 11 is 5.94. The first kappa shape index (κ1) is 15.5. The lowest BCUT2D eigenvalue weighted by Gasteiger charge is -2.16. The van der Waals surface area contributed by atoms with Gasteiger partial charge in [-0.25, -0.2) is 4.79 Å². The maximum atomic E-state index is 11.6. The van der Waals surface area contributed by atoms with E-state index in [4.69, 9.17) is 16.3 Å². The minimum atomic E-state index is -1.15. The van der Waals surface area contributed by atoms with E-state index in [1.165, 1.54) is 0 Å². The van der Waals surface area contributed by atoms with Crippen LogP contribution in [0.5, 0.6) is 0 Å². The Hall–Kier alpha value is -1.59. The van der Waals surface area contributed by atoms with E-state index in [-0.39, 0.29) is 12.3 Å². The Bertz CT molecular complexity index is 450. The first-order valence-corrected chi connectivity index (χ1v) is 6.19. The number of carbonyl (C=O) groups is 2. The lowest BCUT2D eigenvalue weighted by atomic mass is 10.1. The number of benzene rings is 1. The summed E-state index contributed by atoms with van der Waals surface area (Å²) in [7, 11) is 1.54. The number of aliphatic carboxylic acids is 1. The number of halogens is 1. The van der Waals surface area contributed by atoms with Crippen molar-refractivity contribution in [3.05, 3.63) is 34.9 Å². The molecule has 0 radical (unpaired) electrons. The van der Waals surface area contributed by atoms with E-state index in [0.29, 0.717) is 23.6 Å². The van der Waals surface area contributed by atoms with Crippen molar-refractivity contribution >= 4 is 23.5 Å². The molecule has 0 fully saturated rings. The van der Waals surface area contributed by atoms with Crippen molar-refractivity contribution in [1.82, 2.24) is 5.32 Å². The standard InChI is InChI=1S/C13H16ClNO4/c1-19-8-4-7-11(16)15-12(13(17)18)9-5-2-3-6-10(9)14/h2-3,5-6,12H,4,7-8H2,1H3,(H,15,16)(H,17,18)/t12-/m1/s1. The number of rotatable bonds is 7. The molecule has 0 aliphatic rings. The van der Waals surface area contributed by atoms with Gasteiger partial charge < -0.3 is 15.2 Å². The molecule has 0 unspecified atom stereocenters. The van der Waals surface area contributed by atoms with E-state index in [2.05, 4.69) is 5.32 Å². The molecule has 6 heteroatoms. The largest absolute Gasteiger partial charge is 0.479 e. The molecule has 0 saturated carbocycles. The molecule has 2 N–H and O–H groups in total. The number of carboxylic acid groups (broad SMARTS) is 1. The van der Waals surface area contributed by atoms with Gasteiger partial charge in [0.05, 0.1) is 0 Å². The summed E-state index contributed by atoms with van der Waals surface area (Å²) in [5, 5.41) is 11.9. The van der Waals surface area contributed by atoms with Crippen LogP contribution in [0.15, 0.2) is 24.3 Å². The van der Waals surface area contributed by atoms with E-state index in [1.807, 2.05) is 0 Å². The highest BCUT2D eigenvalue weighted by atomic mass is 35.5. The highest BCUT2D eigenvalue weighted by molar-refractivity contribution is 6.31. The first-order chi connectivity index (χ1) is 9.06. The van der Waals surface area contributed by atoms with Crippen molar-refractivity contribution in [2.45, 2.75) is 18.9 Å². The van der Waals surface area contributed by atoms with Crippen LogP contribution in [0.25, 0.3) is 0 Å². The molecule has 0 aliphatic heterocycles. The number of carboxylic acids is 1. The Morgan fingerprint density at radius 3 is 2.68 bits per heavy atom. The Kier molecular flexibility index (Phi) is 6.32. The lowest BCUT2D eigenvalue weighted by Crippen LogP contribution is -2.33.